The van der Waals surface area contributed by atoms with Crippen LogP contribution < -0.4 is 11.1 Å². The minimum Gasteiger partial charge on any atom is -0.368 e. The molecule has 0 amide bonds. The van der Waals surface area contributed by atoms with Gasteiger partial charge >= 0.3 is 0 Å². The number of thiophene rings is 1. The number of anilines is 2. The molecule has 0 spiro atoms. The Balaban J connectivity index is 1.58. The summed E-state index contributed by atoms with van der Waals surface area (Å²) >= 11 is 7.74. The highest BCUT2D eigenvalue weighted by molar-refractivity contribution is 7.10. The van der Waals surface area contributed by atoms with Crippen molar-refractivity contribution in [1.82, 2.24) is 14.9 Å². The number of rotatable bonds is 4. The summed E-state index contributed by atoms with van der Waals surface area (Å²) in [6.45, 7) is 5.14. The van der Waals surface area contributed by atoms with Crippen molar-refractivity contribution in [2.24, 2.45) is 0 Å². The van der Waals surface area contributed by atoms with Gasteiger partial charge in [0.25, 0.3) is 0 Å². The van der Waals surface area contributed by atoms with Crippen LogP contribution in [0.15, 0.2) is 17.5 Å². The van der Waals surface area contributed by atoms with E-state index in [0.29, 0.717) is 17.0 Å². The molecule has 3 heterocycles. The first-order valence-corrected chi connectivity index (χ1v) is 8.21. The zero-order valence-corrected chi connectivity index (χ0v) is 13.4. The number of hydrogen-bond donors (Lipinski definition) is 2. The molecular weight excluding hydrogens is 306 g/mol. The zero-order valence-electron chi connectivity index (χ0n) is 11.8. The van der Waals surface area contributed by atoms with E-state index in [2.05, 4.69) is 38.6 Å². The van der Waals surface area contributed by atoms with Gasteiger partial charge in [-0.2, -0.15) is 4.98 Å². The van der Waals surface area contributed by atoms with Gasteiger partial charge in [0.2, 0.25) is 5.95 Å². The maximum atomic E-state index is 5.88. The molecule has 21 heavy (non-hydrogen) atoms. The van der Waals surface area contributed by atoms with Gasteiger partial charge < -0.3 is 11.1 Å². The van der Waals surface area contributed by atoms with E-state index >= 15 is 0 Å². The van der Waals surface area contributed by atoms with E-state index in [-0.39, 0.29) is 5.95 Å². The number of nitrogen functional groups attached to an aromatic ring is 1. The molecule has 1 aliphatic rings. The lowest BCUT2D eigenvalue weighted by atomic mass is 10.1. The molecule has 2 aromatic heterocycles. The molecule has 112 valence electrons. The highest BCUT2D eigenvalue weighted by atomic mass is 35.5. The van der Waals surface area contributed by atoms with Crippen LogP contribution in [-0.4, -0.2) is 34.0 Å². The second-order valence-electron chi connectivity index (χ2n) is 5.25. The molecule has 0 bridgehead atoms. The van der Waals surface area contributed by atoms with E-state index in [1.165, 1.54) is 10.4 Å². The second kappa shape index (κ2) is 6.17. The molecule has 0 saturated carbocycles. The molecule has 0 aromatic carbocycles. The average Bonchev–Trinajstić information content (AvgIpc) is 2.91. The third-order valence-corrected chi connectivity index (χ3v) is 4.97. The fraction of sp³-hybridized carbons (Fsp3) is 0.429. The normalized spacial score (nSPS) is 16.5. The van der Waals surface area contributed by atoms with Crippen LogP contribution in [0.1, 0.15) is 17.4 Å². The van der Waals surface area contributed by atoms with Crippen LogP contribution in [-0.2, 0) is 13.0 Å². The summed E-state index contributed by atoms with van der Waals surface area (Å²) in [4.78, 5) is 12.0. The number of nitrogens with one attached hydrogen (secondary N) is 1. The minimum absolute atomic E-state index is 0.193. The summed E-state index contributed by atoms with van der Waals surface area (Å²) in [5.74, 6) is 0.867. The summed E-state index contributed by atoms with van der Waals surface area (Å²) in [7, 11) is 0. The fourth-order valence-corrected chi connectivity index (χ4v) is 3.63. The molecule has 1 atom stereocenters. The number of hydrogen-bond acceptors (Lipinski definition) is 6. The van der Waals surface area contributed by atoms with Crippen molar-refractivity contribution in [3.05, 3.63) is 33.1 Å². The van der Waals surface area contributed by atoms with E-state index in [1.54, 1.807) is 6.07 Å². The number of halogens is 1. The topological polar surface area (TPSA) is 67.1 Å². The van der Waals surface area contributed by atoms with Crippen LogP contribution in [0.3, 0.4) is 0 Å². The number of nitrogens with zero attached hydrogens (tertiary/aromatic N) is 3. The molecule has 7 heteroatoms. The third kappa shape index (κ3) is 3.45. The molecule has 3 N–H and O–H groups in total. The van der Waals surface area contributed by atoms with Gasteiger partial charge in [-0.05, 0) is 30.4 Å². The summed E-state index contributed by atoms with van der Waals surface area (Å²) in [6.07, 6.45) is 1.14. The monoisotopic (exact) mass is 323 g/mol. The van der Waals surface area contributed by atoms with Crippen LogP contribution >= 0.6 is 22.9 Å². The third-order valence-electron chi connectivity index (χ3n) is 3.75. The van der Waals surface area contributed by atoms with Gasteiger partial charge in [0.1, 0.15) is 11.0 Å². The van der Waals surface area contributed by atoms with E-state index in [1.807, 2.05) is 11.3 Å². The van der Waals surface area contributed by atoms with Gasteiger partial charge in [0.15, 0.2) is 0 Å². The lowest BCUT2D eigenvalue weighted by Gasteiger charge is -2.32. The molecular formula is C14H18ClN5S. The van der Waals surface area contributed by atoms with Gasteiger partial charge in [-0.15, -0.1) is 11.3 Å². The van der Waals surface area contributed by atoms with Crippen LogP contribution in [0.2, 0.25) is 5.15 Å². The highest BCUT2D eigenvalue weighted by Gasteiger charge is 2.21. The first-order valence-electron chi connectivity index (χ1n) is 6.95. The predicted octanol–water partition coefficient (Wildman–Crippen LogP) is 2.63. The fourth-order valence-electron chi connectivity index (χ4n) is 2.55. The van der Waals surface area contributed by atoms with Gasteiger partial charge in [-0.1, -0.05) is 11.6 Å². The van der Waals surface area contributed by atoms with Crippen LogP contribution in [0.4, 0.5) is 11.8 Å². The lowest BCUT2D eigenvalue weighted by Crippen LogP contribution is -2.40. The van der Waals surface area contributed by atoms with Crippen molar-refractivity contribution >= 4 is 34.7 Å². The predicted molar refractivity (Wildman–Crippen MR) is 87.8 cm³/mol. The molecule has 0 radical (unpaired) electrons. The second-order valence-corrected chi connectivity index (χ2v) is 6.64. The molecule has 5 nitrogen and oxygen atoms in total. The van der Waals surface area contributed by atoms with Crippen molar-refractivity contribution in [2.75, 3.05) is 24.1 Å². The SMILES string of the molecule is C[C@H](CNc1cc(Cl)nc(N)n1)N1CCc2sccc2C1. The van der Waals surface area contributed by atoms with E-state index in [4.69, 9.17) is 17.3 Å². The standard InChI is InChI=1S/C14H18ClN5S/c1-9(7-17-13-6-12(15)18-14(16)19-13)20-4-2-11-10(8-20)3-5-21-11/h3,5-6,9H,2,4,7-8H2,1H3,(H3,16,17,18,19)/t9-/m1/s1. The lowest BCUT2D eigenvalue weighted by molar-refractivity contribution is 0.200. The van der Waals surface area contributed by atoms with Crippen molar-refractivity contribution < 1.29 is 0 Å². The number of fused-ring (bicyclic) bond motifs is 1. The quantitative estimate of drug-likeness (QED) is 0.847. The van der Waals surface area contributed by atoms with E-state index in [0.717, 1.165) is 26.1 Å². The average molecular weight is 324 g/mol. The summed E-state index contributed by atoms with van der Waals surface area (Å²) in [6, 6.07) is 4.34. The Morgan fingerprint density at radius 1 is 1.52 bits per heavy atom. The van der Waals surface area contributed by atoms with Gasteiger partial charge in [0.05, 0.1) is 0 Å². The minimum atomic E-state index is 0.193. The molecule has 0 unspecified atom stereocenters. The zero-order chi connectivity index (χ0) is 14.8. The molecule has 0 saturated heterocycles. The van der Waals surface area contributed by atoms with Crippen molar-refractivity contribution in [3.63, 3.8) is 0 Å². The Morgan fingerprint density at radius 3 is 3.19 bits per heavy atom. The number of aromatic nitrogens is 2. The Morgan fingerprint density at radius 2 is 2.38 bits per heavy atom. The van der Waals surface area contributed by atoms with Crippen molar-refractivity contribution in [3.8, 4) is 0 Å². The maximum absolute atomic E-state index is 5.88. The first kappa shape index (κ1) is 14.6. The van der Waals surface area contributed by atoms with Gasteiger partial charge in [-0.25, -0.2) is 4.98 Å². The molecule has 0 aliphatic carbocycles. The summed E-state index contributed by atoms with van der Waals surface area (Å²) in [5, 5.41) is 5.83. The summed E-state index contributed by atoms with van der Waals surface area (Å²) in [5.41, 5.74) is 7.06. The van der Waals surface area contributed by atoms with Gasteiger partial charge in [0, 0.05) is 36.6 Å². The van der Waals surface area contributed by atoms with Gasteiger partial charge in [-0.3, -0.25) is 4.90 Å². The molecule has 3 rings (SSSR count). The molecule has 2 aromatic rings. The maximum Gasteiger partial charge on any atom is 0.223 e. The Labute approximate surface area is 133 Å². The Hall–Kier alpha value is -1.37. The van der Waals surface area contributed by atoms with E-state index in [9.17, 15) is 0 Å². The Bertz CT molecular complexity index is 609. The smallest absolute Gasteiger partial charge is 0.223 e. The van der Waals surface area contributed by atoms with Crippen molar-refractivity contribution in [2.45, 2.75) is 25.9 Å². The Kier molecular flexibility index (Phi) is 4.28. The van der Waals surface area contributed by atoms with Crippen LogP contribution in [0.25, 0.3) is 0 Å². The molecule has 1 aliphatic heterocycles. The largest absolute Gasteiger partial charge is 0.368 e. The highest BCUT2D eigenvalue weighted by Crippen LogP contribution is 2.25. The van der Waals surface area contributed by atoms with Crippen molar-refractivity contribution in [1.29, 1.82) is 0 Å². The summed E-state index contributed by atoms with van der Waals surface area (Å²) < 4.78 is 0. The van der Waals surface area contributed by atoms with E-state index < -0.39 is 0 Å². The van der Waals surface area contributed by atoms with Crippen LogP contribution in [0, 0.1) is 0 Å². The van der Waals surface area contributed by atoms with Crippen LogP contribution in [0.5, 0.6) is 0 Å². The molecule has 0 fully saturated rings. The first-order chi connectivity index (χ1) is 10.1. The number of nitrogens with two attached hydrogens (primary N) is 1.